The zero-order valence-corrected chi connectivity index (χ0v) is 13.0. The molecule has 2 rings (SSSR count). The number of hydrogen-bond acceptors (Lipinski definition) is 5. The third-order valence-electron chi connectivity index (χ3n) is 3.92. The molecule has 0 bridgehead atoms. The first-order valence-electron chi connectivity index (χ1n) is 7.41. The van der Waals surface area contributed by atoms with Gasteiger partial charge in [0.25, 0.3) is 0 Å². The number of nitrogens with two attached hydrogens (primary N) is 1. The third-order valence-corrected chi connectivity index (χ3v) is 3.92. The van der Waals surface area contributed by atoms with E-state index in [0.717, 1.165) is 43.8 Å². The lowest BCUT2D eigenvalue weighted by Crippen LogP contribution is -2.39. The number of rotatable bonds is 4. The summed E-state index contributed by atoms with van der Waals surface area (Å²) in [6.45, 7) is 6.47. The normalized spacial score (nSPS) is 18.6. The quantitative estimate of drug-likeness (QED) is 0.682. The number of carbonyl (C=O) groups is 1. The molecule has 116 valence electrons. The summed E-state index contributed by atoms with van der Waals surface area (Å²) in [5.41, 5.74) is 8.82. The van der Waals surface area contributed by atoms with Crippen molar-refractivity contribution < 1.29 is 14.3 Å². The second-order valence-corrected chi connectivity index (χ2v) is 5.38. The number of ether oxygens (including phenoxy) is 2. The maximum atomic E-state index is 11.8. The van der Waals surface area contributed by atoms with Crippen LogP contribution in [0.5, 0.6) is 0 Å². The van der Waals surface area contributed by atoms with E-state index in [2.05, 4.69) is 4.90 Å². The summed E-state index contributed by atoms with van der Waals surface area (Å²) >= 11 is 0. The Morgan fingerprint density at radius 2 is 2.24 bits per heavy atom. The van der Waals surface area contributed by atoms with E-state index < -0.39 is 5.97 Å². The van der Waals surface area contributed by atoms with Crippen LogP contribution in [0.15, 0.2) is 12.1 Å². The minimum Gasteiger partial charge on any atom is -0.465 e. The number of hydrogen-bond donors (Lipinski definition) is 1. The summed E-state index contributed by atoms with van der Waals surface area (Å²) in [5, 5.41) is 0. The number of carbonyl (C=O) groups excluding carboxylic acids is 1. The highest BCUT2D eigenvalue weighted by atomic mass is 16.5. The van der Waals surface area contributed by atoms with Crippen molar-refractivity contribution in [3.63, 3.8) is 0 Å². The molecule has 1 aliphatic rings. The van der Waals surface area contributed by atoms with Crippen molar-refractivity contribution in [1.82, 2.24) is 0 Å². The molecule has 1 heterocycles. The van der Waals surface area contributed by atoms with Crippen LogP contribution in [0.2, 0.25) is 0 Å². The molecule has 0 radical (unpaired) electrons. The molecule has 0 amide bonds. The number of nitrogens with zero attached hydrogens (tertiary/aromatic N) is 1. The molecule has 0 saturated carbocycles. The van der Waals surface area contributed by atoms with Gasteiger partial charge in [-0.1, -0.05) is 0 Å². The number of aryl methyl sites for hydroxylation is 1. The minimum atomic E-state index is -0.393. The number of methoxy groups -OCH3 is 1. The van der Waals surface area contributed by atoms with Crippen LogP contribution in [0.4, 0.5) is 11.4 Å². The van der Waals surface area contributed by atoms with E-state index in [0.29, 0.717) is 11.3 Å². The summed E-state index contributed by atoms with van der Waals surface area (Å²) in [7, 11) is 1.37. The molecule has 1 aromatic carbocycles. The lowest BCUT2D eigenvalue weighted by atomic mass is 10.0. The van der Waals surface area contributed by atoms with Crippen molar-refractivity contribution in [3.05, 3.63) is 23.3 Å². The van der Waals surface area contributed by atoms with E-state index in [9.17, 15) is 4.79 Å². The largest absolute Gasteiger partial charge is 0.465 e. The van der Waals surface area contributed by atoms with Gasteiger partial charge in [0.05, 0.1) is 18.8 Å². The molecule has 0 spiro atoms. The Kier molecular flexibility index (Phi) is 5.07. The number of nitrogen functional groups attached to an aromatic ring is 1. The molecule has 5 nitrogen and oxygen atoms in total. The van der Waals surface area contributed by atoms with Crippen LogP contribution < -0.4 is 10.6 Å². The molecule has 2 N–H and O–H groups in total. The Morgan fingerprint density at radius 3 is 2.90 bits per heavy atom. The van der Waals surface area contributed by atoms with E-state index in [4.69, 9.17) is 15.2 Å². The maximum Gasteiger partial charge on any atom is 0.340 e. The molecule has 5 heteroatoms. The average Bonchev–Trinajstić information content (AvgIpc) is 2.49. The molecule has 0 aromatic heterocycles. The Labute approximate surface area is 126 Å². The molecule has 0 aliphatic carbocycles. The Bertz CT molecular complexity index is 514. The van der Waals surface area contributed by atoms with Gasteiger partial charge in [0.1, 0.15) is 0 Å². The zero-order chi connectivity index (χ0) is 15.4. The molecule has 21 heavy (non-hydrogen) atoms. The number of piperidine rings is 1. The fraction of sp³-hybridized carbons (Fsp3) is 0.562. The van der Waals surface area contributed by atoms with E-state index in [-0.39, 0.29) is 6.10 Å². The molecule has 1 atom stereocenters. The zero-order valence-electron chi connectivity index (χ0n) is 13.0. The fourth-order valence-electron chi connectivity index (χ4n) is 2.79. The van der Waals surface area contributed by atoms with Crippen molar-refractivity contribution >= 4 is 17.3 Å². The first-order chi connectivity index (χ1) is 10.1. The number of benzene rings is 1. The number of anilines is 2. The van der Waals surface area contributed by atoms with Crippen LogP contribution in [0.25, 0.3) is 0 Å². The van der Waals surface area contributed by atoms with Crippen LogP contribution in [-0.4, -0.2) is 38.9 Å². The highest BCUT2D eigenvalue weighted by molar-refractivity contribution is 5.97. The maximum absolute atomic E-state index is 11.8. The van der Waals surface area contributed by atoms with Gasteiger partial charge < -0.3 is 20.1 Å². The van der Waals surface area contributed by atoms with Crippen molar-refractivity contribution in [2.24, 2.45) is 0 Å². The van der Waals surface area contributed by atoms with Gasteiger partial charge in [0, 0.05) is 31.1 Å². The molecule has 1 aliphatic heterocycles. The van der Waals surface area contributed by atoms with E-state index in [1.165, 1.54) is 7.11 Å². The summed E-state index contributed by atoms with van der Waals surface area (Å²) < 4.78 is 10.5. The van der Waals surface area contributed by atoms with E-state index in [1.807, 2.05) is 26.0 Å². The van der Waals surface area contributed by atoms with Gasteiger partial charge in [0.2, 0.25) is 0 Å². The average molecular weight is 292 g/mol. The molecular formula is C16H24N2O3. The molecular weight excluding hydrogens is 268 g/mol. The van der Waals surface area contributed by atoms with Crippen molar-refractivity contribution in [2.45, 2.75) is 32.8 Å². The summed E-state index contributed by atoms with van der Waals surface area (Å²) in [6.07, 6.45) is 2.42. The van der Waals surface area contributed by atoms with Gasteiger partial charge in [-0.05, 0) is 44.4 Å². The topological polar surface area (TPSA) is 64.8 Å². The first-order valence-corrected chi connectivity index (χ1v) is 7.41. The lowest BCUT2D eigenvalue weighted by Gasteiger charge is -2.34. The van der Waals surface area contributed by atoms with Crippen LogP contribution >= 0.6 is 0 Å². The number of esters is 1. The van der Waals surface area contributed by atoms with Gasteiger partial charge in [-0.15, -0.1) is 0 Å². The Balaban J connectivity index is 2.27. The van der Waals surface area contributed by atoms with Gasteiger partial charge in [0.15, 0.2) is 0 Å². The summed E-state index contributed by atoms with van der Waals surface area (Å²) in [4.78, 5) is 14.1. The van der Waals surface area contributed by atoms with Crippen molar-refractivity contribution in [2.75, 3.05) is 37.4 Å². The lowest BCUT2D eigenvalue weighted by molar-refractivity contribution is 0.0526. The molecule has 1 aromatic rings. The van der Waals surface area contributed by atoms with Gasteiger partial charge in [-0.2, -0.15) is 0 Å². The highest BCUT2D eigenvalue weighted by Gasteiger charge is 2.22. The van der Waals surface area contributed by atoms with E-state index >= 15 is 0 Å². The van der Waals surface area contributed by atoms with Gasteiger partial charge in [-0.3, -0.25) is 0 Å². The van der Waals surface area contributed by atoms with Crippen molar-refractivity contribution in [3.8, 4) is 0 Å². The van der Waals surface area contributed by atoms with Crippen LogP contribution in [-0.2, 0) is 9.47 Å². The SMILES string of the molecule is CCOC1CCCN(c2cc(C)c(N)c(C(=O)OC)c2)C1. The predicted octanol–water partition coefficient (Wildman–Crippen LogP) is 2.37. The fourth-order valence-corrected chi connectivity index (χ4v) is 2.79. The van der Waals surface area contributed by atoms with Crippen molar-refractivity contribution in [1.29, 1.82) is 0 Å². The third kappa shape index (κ3) is 3.47. The Hall–Kier alpha value is -1.75. The highest BCUT2D eigenvalue weighted by Crippen LogP contribution is 2.28. The second kappa shape index (κ2) is 6.80. The molecule has 1 saturated heterocycles. The van der Waals surface area contributed by atoms with E-state index in [1.54, 1.807) is 0 Å². The van der Waals surface area contributed by atoms with Crippen LogP contribution in [0.3, 0.4) is 0 Å². The van der Waals surface area contributed by atoms with Crippen LogP contribution in [0.1, 0.15) is 35.7 Å². The van der Waals surface area contributed by atoms with Crippen LogP contribution in [0, 0.1) is 6.92 Å². The predicted molar refractivity (Wildman–Crippen MR) is 83.8 cm³/mol. The Morgan fingerprint density at radius 1 is 1.48 bits per heavy atom. The summed E-state index contributed by atoms with van der Waals surface area (Å²) in [5.74, 6) is -0.393. The molecule has 1 fully saturated rings. The van der Waals surface area contributed by atoms with Gasteiger partial charge >= 0.3 is 5.97 Å². The summed E-state index contributed by atoms with van der Waals surface area (Å²) in [6, 6.07) is 3.85. The first kappa shape index (κ1) is 15.6. The monoisotopic (exact) mass is 292 g/mol. The standard InChI is InChI=1S/C16H24N2O3/c1-4-21-13-6-5-7-18(10-13)12-8-11(2)15(17)14(9-12)16(19)20-3/h8-9,13H,4-7,10,17H2,1-3H3. The van der Waals surface area contributed by atoms with Gasteiger partial charge in [-0.25, -0.2) is 4.79 Å². The smallest absolute Gasteiger partial charge is 0.340 e. The molecule has 1 unspecified atom stereocenters. The second-order valence-electron chi connectivity index (χ2n) is 5.38. The minimum absolute atomic E-state index is 0.253.